The normalized spacial score (nSPS) is 11.6. The zero-order chi connectivity index (χ0) is 18.4. The second kappa shape index (κ2) is 8.54. The molecule has 0 radical (unpaired) electrons. The first-order valence-corrected chi connectivity index (χ1v) is 8.73. The summed E-state index contributed by atoms with van der Waals surface area (Å²) >= 11 is 6.06. The van der Waals surface area contributed by atoms with Crippen LogP contribution in [-0.2, 0) is 16.1 Å². The van der Waals surface area contributed by atoms with Crippen molar-refractivity contribution < 1.29 is 14.3 Å². The van der Waals surface area contributed by atoms with Gasteiger partial charge >= 0.3 is 5.97 Å². The molecule has 0 saturated carbocycles. The molecule has 0 heterocycles. The number of carbonyl (C=O) groups is 1. The van der Waals surface area contributed by atoms with Crippen molar-refractivity contribution in [1.82, 2.24) is 0 Å². The topological polar surface area (TPSA) is 35.5 Å². The molecule has 3 rings (SSSR count). The van der Waals surface area contributed by atoms with Crippen LogP contribution in [-0.4, -0.2) is 12.1 Å². The van der Waals surface area contributed by atoms with E-state index in [0.29, 0.717) is 10.8 Å². The number of benzene rings is 3. The molecule has 0 bridgehead atoms. The lowest BCUT2D eigenvalue weighted by atomic mass is 10.1. The van der Waals surface area contributed by atoms with Gasteiger partial charge in [-0.05, 0) is 36.2 Å². The number of esters is 1. The Morgan fingerprint density at radius 2 is 1.50 bits per heavy atom. The molecule has 0 spiro atoms. The van der Waals surface area contributed by atoms with E-state index in [1.165, 1.54) is 0 Å². The van der Waals surface area contributed by atoms with Gasteiger partial charge in [-0.2, -0.15) is 0 Å². The van der Waals surface area contributed by atoms with E-state index in [1.54, 1.807) is 13.0 Å². The van der Waals surface area contributed by atoms with Gasteiger partial charge in [0.1, 0.15) is 12.4 Å². The van der Waals surface area contributed by atoms with Crippen molar-refractivity contribution in [2.45, 2.75) is 19.6 Å². The first kappa shape index (κ1) is 18.0. The van der Waals surface area contributed by atoms with Gasteiger partial charge in [-0.15, -0.1) is 0 Å². The van der Waals surface area contributed by atoms with Gasteiger partial charge in [0.15, 0.2) is 6.10 Å². The molecule has 0 aliphatic rings. The molecule has 0 aliphatic heterocycles. The number of hydrogen-bond donors (Lipinski definition) is 0. The summed E-state index contributed by atoms with van der Waals surface area (Å²) < 4.78 is 11.0. The highest BCUT2D eigenvalue weighted by Crippen LogP contribution is 2.23. The van der Waals surface area contributed by atoms with Gasteiger partial charge in [-0.1, -0.05) is 72.3 Å². The zero-order valence-corrected chi connectivity index (χ0v) is 15.1. The second-order valence-electron chi connectivity index (χ2n) is 5.85. The van der Waals surface area contributed by atoms with E-state index >= 15 is 0 Å². The molecule has 0 saturated heterocycles. The molecular formula is C22H19ClO3. The molecule has 3 nitrogen and oxygen atoms in total. The molecule has 0 aliphatic carbocycles. The number of carbonyl (C=O) groups excluding carboxylic acids is 1. The molecule has 4 heteroatoms. The van der Waals surface area contributed by atoms with Crippen molar-refractivity contribution >= 4 is 17.6 Å². The quantitative estimate of drug-likeness (QED) is 0.539. The molecule has 3 aromatic carbocycles. The van der Waals surface area contributed by atoms with Crippen LogP contribution in [0.1, 0.15) is 12.5 Å². The predicted molar refractivity (Wildman–Crippen MR) is 103 cm³/mol. The van der Waals surface area contributed by atoms with Crippen LogP contribution in [0.15, 0.2) is 78.9 Å². The maximum Gasteiger partial charge on any atom is 0.347 e. The largest absolute Gasteiger partial charge is 0.479 e. The van der Waals surface area contributed by atoms with Gasteiger partial charge in [0.05, 0.1) is 0 Å². The van der Waals surface area contributed by atoms with Crippen molar-refractivity contribution in [2.75, 3.05) is 0 Å². The van der Waals surface area contributed by atoms with Crippen LogP contribution in [0.2, 0.25) is 5.02 Å². The Morgan fingerprint density at radius 3 is 2.19 bits per heavy atom. The summed E-state index contributed by atoms with van der Waals surface area (Å²) in [6, 6.07) is 25.0. The maximum atomic E-state index is 12.1. The molecule has 26 heavy (non-hydrogen) atoms. The third-order valence-corrected chi connectivity index (χ3v) is 4.30. The van der Waals surface area contributed by atoms with Crippen molar-refractivity contribution in [3.63, 3.8) is 0 Å². The van der Waals surface area contributed by atoms with Crippen LogP contribution in [0.25, 0.3) is 11.1 Å². The average molecular weight is 367 g/mol. The van der Waals surface area contributed by atoms with Crippen LogP contribution >= 0.6 is 11.6 Å². The van der Waals surface area contributed by atoms with Gasteiger partial charge in [0, 0.05) is 10.6 Å². The number of rotatable bonds is 6. The van der Waals surface area contributed by atoms with Gasteiger partial charge in [-0.3, -0.25) is 0 Å². The van der Waals surface area contributed by atoms with Crippen molar-refractivity contribution in [1.29, 1.82) is 0 Å². The van der Waals surface area contributed by atoms with Gasteiger partial charge in [0.2, 0.25) is 0 Å². The summed E-state index contributed by atoms with van der Waals surface area (Å²) in [6.45, 7) is 1.79. The smallest absolute Gasteiger partial charge is 0.347 e. The van der Waals surface area contributed by atoms with E-state index in [9.17, 15) is 4.79 Å². The van der Waals surface area contributed by atoms with Crippen LogP contribution < -0.4 is 4.74 Å². The third-order valence-electron chi connectivity index (χ3n) is 3.93. The number of halogens is 1. The summed E-state index contributed by atoms with van der Waals surface area (Å²) in [7, 11) is 0. The molecule has 0 N–H and O–H groups in total. The molecule has 3 aromatic rings. The number of ether oxygens (including phenoxy) is 2. The van der Waals surface area contributed by atoms with Crippen LogP contribution in [0.5, 0.6) is 5.75 Å². The minimum absolute atomic E-state index is 0.124. The zero-order valence-electron chi connectivity index (χ0n) is 14.4. The van der Waals surface area contributed by atoms with Crippen molar-refractivity contribution in [3.05, 3.63) is 89.4 Å². The standard InChI is InChI=1S/C22H19ClO3/c1-16(22(24)25-15-19-9-5-6-10-21(19)23)26-20-13-11-18(12-14-20)17-7-3-2-4-8-17/h2-14,16H,15H2,1H3/t16-/m1/s1. The van der Waals surface area contributed by atoms with Crippen LogP contribution in [0.3, 0.4) is 0 Å². The summed E-state index contributed by atoms with van der Waals surface area (Å²) in [4.78, 5) is 12.1. The molecular weight excluding hydrogens is 348 g/mol. The number of hydrogen-bond acceptors (Lipinski definition) is 3. The lowest BCUT2D eigenvalue weighted by molar-refractivity contribution is -0.152. The fraction of sp³-hybridized carbons (Fsp3) is 0.136. The Balaban J connectivity index is 1.56. The van der Waals surface area contributed by atoms with E-state index < -0.39 is 12.1 Å². The van der Waals surface area contributed by atoms with Crippen LogP contribution in [0, 0.1) is 0 Å². The van der Waals surface area contributed by atoms with E-state index in [0.717, 1.165) is 16.7 Å². The minimum Gasteiger partial charge on any atom is -0.479 e. The molecule has 0 aromatic heterocycles. The van der Waals surface area contributed by atoms with Gasteiger partial charge in [0.25, 0.3) is 0 Å². The Bertz CT molecular complexity index is 860. The first-order chi connectivity index (χ1) is 12.6. The third kappa shape index (κ3) is 4.64. The fourth-order valence-corrected chi connectivity index (χ4v) is 2.68. The highest BCUT2D eigenvalue weighted by molar-refractivity contribution is 6.31. The van der Waals surface area contributed by atoms with Crippen LogP contribution in [0.4, 0.5) is 0 Å². The summed E-state index contributed by atoms with van der Waals surface area (Å²) in [5.41, 5.74) is 2.99. The Hall–Kier alpha value is -2.78. The SMILES string of the molecule is C[C@@H](Oc1ccc(-c2ccccc2)cc1)C(=O)OCc1ccccc1Cl. The molecule has 0 unspecified atom stereocenters. The molecule has 1 atom stereocenters. The second-order valence-corrected chi connectivity index (χ2v) is 6.26. The summed E-state index contributed by atoms with van der Waals surface area (Å²) in [5, 5.41) is 0.574. The van der Waals surface area contributed by atoms with E-state index in [2.05, 4.69) is 0 Å². The Labute approximate surface area is 158 Å². The molecule has 132 valence electrons. The van der Waals surface area contributed by atoms with Gasteiger partial charge < -0.3 is 9.47 Å². The molecule has 0 amide bonds. The summed E-state index contributed by atoms with van der Waals surface area (Å²) in [5.74, 6) is 0.184. The van der Waals surface area contributed by atoms with E-state index in [1.807, 2.05) is 72.8 Å². The molecule has 0 fully saturated rings. The highest BCUT2D eigenvalue weighted by Gasteiger charge is 2.17. The monoisotopic (exact) mass is 366 g/mol. The Kier molecular flexibility index (Phi) is 5.92. The Morgan fingerprint density at radius 1 is 0.885 bits per heavy atom. The summed E-state index contributed by atoms with van der Waals surface area (Å²) in [6.07, 6.45) is -0.708. The minimum atomic E-state index is -0.708. The highest BCUT2D eigenvalue weighted by atomic mass is 35.5. The first-order valence-electron chi connectivity index (χ1n) is 8.35. The maximum absolute atomic E-state index is 12.1. The van der Waals surface area contributed by atoms with E-state index in [-0.39, 0.29) is 6.61 Å². The van der Waals surface area contributed by atoms with E-state index in [4.69, 9.17) is 21.1 Å². The lowest BCUT2D eigenvalue weighted by Crippen LogP contribution is -2.26. The average Bonchev–Trinajstić information content (AvgIpc) is 2.68. The lowest BCUT2D eigenvalue weighted by Gasteiger charge is -2.14. The van der Waals surface area contributed by atoms with Crippen molar-refractivity contribution in [2.24, 2.45) is 0 Å². The fourth-order valence-electron chi connectivity index (χ4n) is 2.49. The van der Waals surface area contributed by atoms with Gasteiger partial charge in [-0.25, -0.2) is 4.79 Å². The van der Waals surface area contributed by atoms with Crippen molar-refractivity contribution in [3.8, 4) is 16.9 Å². The predicted octanol–water partition coefficient (Wildman–Crippen LogP) is 5.52.